The van der Waals surface area contributed by atoms with Gasteiger partial charge in [0.2, 0.25) is 0 Å². The van der Waals surface area contributed by atoms with Gasteiger partial charge in [0.25, 0.3) is 11.8 Å². The van der Waals surface area contributed by atoms with E-state index in [2.05, 4.69) is 10.6 Å². The van der Waals surface area contributed by atoms with Gasteiger partial charge in [0.05, 0.1) is 11.8 Å². The highest BCUT2D eigenvalue weighted by molar-refractivity contribution is 7.14. The van der Waals surface area contributed by atoms with Gasteiger partial charge >= 0.3 is 0 Å². The molecule has 4 N–H and O–H groups in total. The smallest absolute Gasteiger partial charge is 0.291 e. The molecule has 0 aromatic carbocycles. The molecule has 0 aliphatic carbocycles. The van der Waals surface area contributed by atoms with E-state index >= 15 is 0 Å². The molecule has 112 valence electrons. The van der Waals surface area contributed by atoms with Crippen LogP contribution in [0.2, 0.25) is 0 Å². The highest BCUT2D eigenvalue weighted by atomic mass is 32.1. The van der Waals surface area contributed by atoms with Crippen LogP contribution in [0.5, 0.6) is 0 Å². The molecular formula is C14H17N3O3S. The van der Waals surface area contributed by atoms with E-state index in [-0.39, 0.29) is 11.7 Å². The van der Waals surface area contributed by atoms with Gasteiger partial charge in [-0.15, -0.1) is 11.3 Å². The van der Waals surface area contributed by atoms with E-state index in [0.717, 1.165) is 0 Å². The fourth-order valence-corrected chi connectivity index (χ4v) is 2.34. The molecule has 0 aliphatic rings. The third kappa shape index (κ3) is 4.17. The maximum atomic E-state index is 12.1. The Hall–Kier alpha value is -2.12. The van der Waals surface area contributed by atoms with Crippen molar-refractivity contribution in [3.05, 3.63) is 41.2 Å². The van der Waals surface area contributed by atoms with Crippen LogP contribution in [0, 0.1) is 0 Å². The first kappa shape index (κ1) is 15.3. The summed E-state index contributed by atoms with van der Waals surface area (Å²) in [5, 5.41) is 7.62. The quantitative estimate of drug-likeness (QED) is 0.787. The largest absolute Gasteiger partial charge is 0.459 e. The second-order valence-electron chi connectivity index (χ2n) is 5.27. The lowest BCUT2D eigenvalue weighted by molar-refractivity contribution is 0.0947. The molecule has 21 heavy (non-hydrogen) atoms. The SMILES string of the molecule is CC(C)(N)CNC(=O)c1ccsc1NC(=O)c1ccco1. The summed E-state index contributed by atoms with van der Waals surface area (Å²) in [6, 6.07) is 4.83. The van der Waals surface area contributed by atoms with Crippen LogP contribution in [0.4, 0.5) is 5.00 Å². The van der Waals surface area contributed by atoms with Crippen LogP contribution in [0.25, 0.3) is 0 Å². The normalized spacial score (nSPS) is 11.2. The number of amides is 2. The van der Waals surface area contributed by atoms with Crippen LogP contribution in [0.15, 0.2) is 34.3 Å². The van der Waals surface area contributed by atoms with Gasteiger partial charge in [-0.2, -0.15) is 0 Å². The predicted octanol–water partition coefficient (Wildman–Crippen LogP) is 2.06. The summed E-state index contributed by atoms with van der Waals surface area (Å²) < 4.78 is 5.01. The number of nitrogens with two attached hydrogens (primary N) is 1. The van der Waals surface area contributed by atoms with Crippen molar-refractivity contribution in [2.75, 3.05) is 11.9 Å². The summed E-state index contributed by atoms with van der Waals surface area (Å²) >= 11 is 1.27. The van der Waals surface area contributed by atoms with Crippen molar-refractivity contribution in [2.24, 2.45) is 5.73 Å². The van der Waals surface area contributed by atoms with E-state index in [9.17, 15) is 9.59 Å². The molecule has 0 unspecified atom stereocenters. The van der Waals surface area contributed by atoms with Crippen LogP contribution in [0.1, 0.15) is 34.8 Å². The molecule has 0 radical (unpaired) electrons. The minimum absolute atomic E-state index is 0.192. The number of carbonyl (C=O) groups excluding carboxylic acids is 2. The zero-order valence-corrected chi connectivity index (χ0v) is 12.6. The van der Waals surface area contributed by atoms with E-state index in [4.69, 9.17) is 10.2 Å². The Kier molecular flexibility index (Phi) is 4.44. The van der Waals surface area contributed by atoms with Gasteiger partial charge in [-0.1, -0.05) is 0 Å². The van der Waals surface area contributed by atoms with Crippen molar-refractivity contribution in [1.82, 2.24) is 5.32 Å². The maximum Gasteiger partial charge on any atom is 0.291 e. The van der Waals surface area contributed by atoms with Crippen LogP contribution < -0.4 is 16.4 Å². The Bertz CT molecular complexity index is 626. The fourth-order valence-electron chi connectivity index (χ4n) is 1.56. The zero-order chi connectivity index (χ0) is 15.5. The Morgan fingerprint density at radius 1 is 1.33 bits per heavy atom. The van der Waals surface area contributed by atoms with Crippen molar-refractivity contribution < 1.29 is 14.0 Å². The van der Waals surface area contributed by atoms with Crippen molar-refractivity contribution in [2.45, 2.75) is 19.4 Å². The van der Waals surface area contributed by atoms with Crippen molar-refractivity contribution in [1.29, 1.82) is 0 Å². The average molecular weight is 307 g/mol. The maximum absolute atomic E-state index is 12.1. The first-order valence-corrected chi connectivity index (χ1v) is 7.24. The standard InChI is InChI=1S/C14H17N3O3S/c1-14(2,15)8-16-11(18)9-5-7-21-13(9)17-12(19)10-4-3-6-20-10/h3-7H,8,15H2,1-2H3,(H,16,18)(H,17,19). The average Bonchev–Trinajstić information content (AvgIpc) is 3.05. The Labute approximate surface area is 126 Å². The molecule has 2 aromatic heterocycles. The minimum Gasteiger partial charge on any atom is -0.459 e. The van der Waals surface area contributed by atoms with Gasteiger partial charge in [-0.05, 0) is 37.4 Å². The van der Waals surface area contributed by atoms with Crippen molar-refractivity contribution >= 4 is 28.2 Å². The second-order valence-corrected chi connectivity index (χ2v) is 6.18. The summed E-state index contributed by atoms with van der Waals surface area (Å²) in [5.74, 6) is -0.474. The number of hydrogen-bond acceptors (Lipinski definition) is 5. The summed E-state index contributed by atoms with van der Waals surface area (Å²) in [6.45, 7) is 3.98. The number of anilines is 1. The van der Waals surface area contributed by atoms with Gasteiger partial charge in [-0.3, -0.25) is 9.59 Å². The monoisotopic (exact) mass is 307 g/mol. The molecule has 0 bridgehead atoms. The lowest BCUT2D eigenvalue weighted by Crippen LogP contribution is -2.45. The van der Waals surface area contributed by atoms with E-state index in [0.29, 0.717) is 17.1 Å². The lowest BCUT2D eigenvalue weighted by Gasteiger charge is -2.18. The van der Waals surface area contributed by atoms with Crippen LogP contribution in [-0.4, -0.2) is 23.9 Å². The molecule has 2 aromatic rings. The number of thiophene rings is 1. The van der Waals surface area contributed by atoms with Crippen LogP contribution in [0.3, 0.4) is 0 Å². The van der Waals surface area contributed by atoms with Gasteiger partial charge in [-0.25, -0.2) is 0 Å². The van der Waals surface area contributed by atoms with E-state index in [1.54, 1.807) is 23.6 Å². The molecule has 7 heteroatoms. The molecule has 6 nitrogen and oxygen atoms in total. The molecule has 2 rings (SSSR count). The first-order chi connectivity index (χ1) is 9.87. The van der Waals surface area contributed by atoms with Gasteiger partial charge < -0.3 is 20.8 Å². The Morgan fingerprint density at radius 3 is 2.71 bits per heavy atom. The van der Waals surface area contributed by atoms with E-state index in [1.165, 1.54) is 17.6 Å². The third-order valence-corrected chi connectivity index (χ3v) is 3.42. The van der Waals surface area contributed by atoms with Gasteiger partial charge in [0.15, 0.2) is 5.76 Å². The Morgan fingerprint density at radius 2 is 2.10 bits per heavy atom. The molecule has 2 amide bonds. The van der Waals surface area contributed by atoms with Crippen LogP contribution in [-0.2, 0) is 0 Å². The summed E-state index contributed by atoms with van der Waals surface area (Å²) in [7, 11) is 0. The topological polar surface area (TPSA) is 97.4 Å². The molecule has 0 saturated carbocycles. The van der Waals surface area contributed by atoms with Gasteiger partial charge in [0, 0.05) is 12.1 Å². The minimum atomic E-state index is -0.497. The number of nitrogens with one attached hydrogen (secondary N) is 2. The summed E-state index contributed by atoms with van der Waals surface area (Å²) in [4.78, 5) is 24.0. The Balaban J connectivity index is 2.05. The van der Waals surface area contributed by atoms with Crippen molar-refractivity contribution in [3.63, 3.8) is 0 Å². The van der Waals surface area contributed by atoms with Crippen molar-refractivity contribution in [3.8, 4) is 0 Å². The number of hydrogen-bond donors (Lipinski definition) is 3. The number of rotatable bonds is 5. The molecule has 0 saturated heterocycles. The summed E-state index contributed by atoms with van der Waals surface area (Å²) in [6.07, 6.45) is 1.42. The zero-order valence-electron chi connectivity index (χ0n) is 11.8. The highest BCUT2D eigenvalue weighted by Crippen LogP contribution is 2.24. The molecule has 2 heterocycles. The van der Waals surface area contributed by atoms with E-state index in [1.807, 2.05) is 13.8 Å². The predicted molar refractivity (Wildman–Crippen MR) is 81.6 cm³/mol. The molecular weight excluding hydrogens is 290 g/mol. The molecule has 0 spiro atoms. The number of furan rings is 1. The second kappa shape index (κ2) is 6.11. The first-order valence-electron chi connectivity index (χ1n) is 6.36. The molecule has 0 aliphatic heterocycles. The number of carbonyl (C=O) groups is 2. The summed E-state index contributed by atoms with van der Waals surface area (Å²) in [5.41, 5.74) is 5.74. The lowest BCUT2D eigenvalue weighted by atomic mass is 10.1. The fraction of sp³-hybridized carbons (Fsp3) is 0.286. The third-order valence-electron chi connectivity index (χ3n) is 2.59. The highest BCUT2D eigenvalue weighted by Gasteiger charge is 2.19. The van der Waals surface area contributed by atoms with Crippen LogP contribution >= 0.6 is 11.3 Å². The van der Waals surface area contributed by atoms with Gasteiger partial charge in [0.1, 0.15) is 5.00 Å². The van der Waals surface area contributed by atoms with E-state index < -0.39 is 11.4 Å². The molecule has 0 fully saturated rings. The molecule has 0 atom stereocenters.